The Morgan fingerprint density at radius 3 is 2.61 bits per heavy atom. The molecule has 0 bridgehead atoms. The third-order valence-corrected chi connectivity index (χ3v) is 7.82. The molecule has 1 saturated carbocycles. The van der Waals surface area contributed by atoms with Gasteiger partial charge in [0.1, 0.15) is 5.65 Å². The molecular weight excluding hydrogens is 416 g/mol. The SMILES string of the molecule is C[C@H]1CCC[C@H]1n1c(=O)c(CC#N)cc2cnc(NC3CCN(S(C)(=O)=O)CC3)nc21. The highest BCUT2D eigenvalue weighted by atomic mass is 32.2. The fraction of sp³-hybridized carbons (Fsp3) is 0.619. The molecule has 2 atom stereocenters. The largest absolute Gasteiger partial charge is 0.351 e. The van der Waals surface area contributed by atoms with Crippen LogP contribution in [0.1, 0.15) is 50.6 Å². The van der Waals surface area contributed by atoms with Gasteiger partial charge in [0, 0.05) is 42.3 Å². The number of sulfonamides is 1. The van der Waals surface area contributed by atoms with Crippen molar-refractivity contribution in [2.24, 2.45) is 5.92 Å². The third-order valence-electron chi connectivity index (χ3n) is 6.52. The molecule has 2 aliphatic rings. The minimum atomic E-state index is -3.17. The molecule has 2 aromatic heterocycles. The molecule has 4 rings (SSSR count). The number of piperidine rings is 1. The molecule has 31 heavy (non-hydrogen) atoms. The van der Waals surface area contributed by atoms with Crippen molar-refractivity contribution in [3.8, 4) is 6.07 Å². The Bertz CT molecular complexity index is 1180. The lowest BCUT2D eigenvalue weighted by molar-refractivity contribution is 0.331. The van der Waals surface area contributed by atoms with Gasteiger partial charge in [0.05, 0.1) is 18.7 Å². The van der Waals surface area contributed by atoms with E-state index in [1.165, 1.54) is 10.6 Å². The molecule has 1 aliphatic carbocycles. The van der Waals surface area contributed by atoms with E-state index in [4.69, 9.17) is 10.2 Å². The molecule has 0 spiro atoms. The number of hydrogen-bond acceptors (Lipinski definition) is 7. The Balaban J connectivity index is 1.66. The average molecular weight is 445 g/mol. The molecule has 9 nitrogen and oxygen atoms in total. The van der Waals surface area contributed by atoms with Crippen molar-refractivity contribution >= 4 is 27.0 Å². The minimum absolute atomic E-state index is 0.0643. The first-order valence-corrected chi connectivity index (χ1v) is 12.6. The number of fused-ring (bicyclic) bond motifs is 1. The summed E-state index contributed by atoms with van der Waals surface area (Å²) in [6.45, 7) is 3.08. The van der Waals surface area contributed by atoms with Crippen LogP contribution in [0.15, 0.2) is 17.1 Å². The number of aromatic nitrogens is 3. The van der Waals surface area contributed by atoms with Gasteiger partial charge in [-0.25, -0.2) is 17.7 Å². The number of hydrogen-bond donors (Lipinski definition) is 1. The van der Waals surface area contributed by atoms with Gasteiger partial charge in [0.2, 0.25) is 16.0 Å². The summed E-state index contributed by atoms with van der Waals surface area (Å²) in [6, 6.07) is 3.95. The zero-order valence-electron chi connectivity index (χ0n) is 17.9. The van der Waals surface area contributed by atoms with Crippen LogP contribution in [0.4, 0.5) is 5.95 Å². The first kappa shape index (κ1) is 21.7. The molecule has 2 fully saturated rings. The van der Waals surface area contributed by atoms with Crippen LogP contribution in [0.2, 0.25) is 0 Å². The quantitative estimate of drug-likeness (QED) is 0.749. The van der Waals surface area contributed by atoms with E-state index in [9.17, 15) is 13.2 Å². The normalized spacial score (nSPS) is 23.1. The Morgan fingerprint density at radius 1 is 1.26 bits per heavy atom. The van der Waals surface area contributed by atoms with E-state index in [1.807, 2.05) is 0 Å². The van der Waals surface area contributed by atoms with E-state index in [0.717, 1.165) is 24.6 Å². The number of nitrogens with one attached hydrogen (secondary N) is 1. The molecule has 166 valence electrons. The van der Waals surface area contributed by atoms with E-state index < -0.39 is 10.0 Å². The van der Waals surface area contributed by atoms with Gasteiger partial charge in [0.15, 0.2) is 0 Å². The summed E-state index contributed by atoms with van der Waals surface area (Å²) in [5.74, 6) is 0.807. The van der Waals surface area contributed by atoms with Gasteiger partial charge >= 0.3 is 0 Å². The first-order valence-electron chi connectivity index (χ1n) is 10.8. The maximum Gasteiger partial charge on any atom is 0.256 e. The fourth-order valence-corrected chi connectivity index (χ4v) is 5.66. The van der Waals surface area contributed by atoms with E-state index >= 15 is 0 Å². The summed E-state index contributed by atoms with van der Waals surface area (Å²) in [5, 5.41) is 13.2. The van der Waals surface area contributed by atoms with Crippen molar-refractivity contribution in [1.29, 1.82) is 5.26 Å². The average Bonchev–Trinajstić information content (AvgIpc) is 3.14. The van der Waals surface area contributed by atoms with Gasteiger partial charge in [-0.1, -0.05) is 13.3 Å². The van der Waals surface area contributed by atoms with Crippen LogP contribution in [0.3, 0.4) is 0 Å². The molecule has 0 unspecified atom stereocenters. The molecule has 3 heterocycles. The molecule has 10 heteroatoms. The standard InChI is InChI=1S/C21H28N6O3S/c1-14-4-3-5-18(14)27-19-16(12-15(6-9-22)20(27)28)13-23-21(25-19)24-17-7-10-26(11-8-17)31(2,29)30/h12-14,17-18H,3-8,10-11H2,1-2H3,(H,23,24,25)/t14-,18+/m0/s1. The van der Waals surface area contributed by atoms with Crippen molar-refractivity contribution in [3.63, 3.8) is 0 Å². The van der Waals surface area contributed by atoms with Gasteiger partial charge in [-0.15, -0.1) is 0 Å². The van der Waals surface area contributed by atoms with Crippen molar-refractivity contribution < 1.29 is 8.42 Å². The van der Waals surface area contributed by atoms with E-state index in [0.29, 0.717) is 49.0 Å². The molecule has 0 aromatic carbocycles. The lowest BCUT2D eigenvalue weighted by Gasteiger charge is -2.30. The third kappa shape index (κ3) is 4.43. The number of anilines is 1. The summed E-state index contributed by atoms with van der Waals surface area (Å²) < 4.78 is 26.7. The van der Waals surface area contributed by atoms with Crippen LogP contribution in [0.5, 0.6) is 0 Å². The molecule has 0 radical (unpaired) electrons. The van der Waals surface area contributed by atoms with Gasteiger partial charge in [0.25, 0.3) is 5.56 Å². The molecule has 1 N–H and O–H groups in total. The zero-order chi connectivity index (χ0) is 22.2. The van der Waals surface area contributed by atoms with Crippen LogP contribution in [-0.2, 0) is 16.4 Å². The van der Waals surface area contributed by atoms with Crippen molar-refractivity contribution in [1.82, 2.24) is 18.8 Å². The molecule has 1 aliphatic heterocycles. The highest BCUT2D eigenvalue weighted by molar-refractivity contribution is 7.88. The summed E-state index contributed by atoms with van der Waals surface area (Å²) in [5.41, 5.74) is 0.932. The van der Waals surface area contributed by atoms with E-state index in [2.05, 4.69) is 23.3 Å². The van der Waals surface area contributed by atoms with Crippen molar-refractivity contribution in [2.45, 2.75) is 57.5 Å². The van der Waals surface area contributed by atoms with Crippen LogP contribution in [-0.4, -0.2) is 52.6 Å². The first-order chi connectivity index (χ1) is 14.8. The molecule has 0 amide bonds. The Labute approximate surface area is 182 Å². The van der Waals surface area contributed by atoms with Gasteiger partial charge < -0.3 is 5.32 Å². The van der Waals surface area contributed by atoms with E-state index in [1.54, 1.807) is 16.8 Å². The summed E-state index contributed by atoms with van der Waals surface area (Å²) in [6.07, 6.45) is 7.39. The minimum Gasteiger partial charge on any atom is -0.351 e. The predicted octanol–water partition coefficient (Wildman–Crippen LogP) is 2.05. The number of nitrogens with zero attached hydrogens (tertiary/aromatic N) is 5. The van der Waals surface area contributed by atoms with Gasteiger partial charge in [-0.3, -0.25) is 9.36 Å². The number of rotatable bonds is 5. The molecular formula is C21H28N6O3S. The topological polar surface area (TPSA) is 121 Å². The van der Waals surface area contributed by atoms with Crippen LogP contribution >= 0.6 is 0 Å². The second-order valence-corrected chi connectivity index (χ2v) is 10.7. The molecule has 2 aromatic rings. The number of nitriles is 1. The predicted molar refractivity (Wildman–Crippen MR) is 118 cm³/mol. The van der Waals surface area contributed by atoms with E-state index in [-0.39, 0.29) is 24.1 Å². The zero-order valence-corrected chi connectivity index (χ0v) is 18.7. The Hall–Kier alpha value is -2.51. The lowest BCUT2D eigenvalue weighted by atomic mass is 10.0. The maximum atomic E-state index is 13.2. The second-order valence-electron chi connectivity index (χ2n) is 8.71. The number of pyridine rings is 1. The monoisotopic (exact) mass is 444 g/mol. The summed E-state index contributed by atoms with van der Waals surface area (Å²) >= 11 is 0. The van der Waals surface area contributed by atoms with Gasteiger partial charge in [-0.2, -0.15) is 10.2 Å². The Morgan fingerprint density at radius 2 is 2.00 bits per heavy atom. The smallest absolute Gasteiger partial charge is 0.256 e. The summed E-state index contributed by atoms with van der Waals surface area (Å²) in [4.78, 5) is 22.3. The van der Waals surface area contributed by atoms with Gasteiger partial charge in [-0.05, 0) is 37.7 Å². The lowest BCUT2D eigenvalue weighted by Crippen LogP contribution is -2.42. The fourth-order valence-electron chi connectivity index (χ4n) is 4.79. The summed E-state index contributed by atoms with van der Waals surface area (Å²) in [7, 11) is -3.17. The van der Waals surface area contributed by atoms with Crippen LogP contribution < -0.4 is 10.9 Å². The van der Waals surface area contributed by atoms with Crippen LogP contribution in [0, 0.1) is 17.2 Å². The highest BCUT2D eigenvalue weighted by Crippen LogP contribution is 2.36. The van der Waals surface area contributed by atoms with Crippen molar-refractivity contribution in [3.05, 3.63) is 28.2 Å². The maximum absolute atomic E-state index is 13.2. The molecule has 1 saturated heterocycles. The second kappa shape index (κ2) is 8.55. The van der Waals surface area contributed by atoms with Crippen molar-refractivity contribution in [2.75, 3.05) is 24.7 Å². The Kier molecular flexibility index (Phi) is 5.99. The highest BCUT2D eigenvalue weighted by Gasteiger charge is 2.29. The van der Waals surface area contributed by atoms with Crippen LogP contribution in [0.25, 0.3) is 11.0 Å².